The van der Waals surface area contributed by atoms with E-state index in [1.807, 2.05) is 6.07 Å². The van der Waals surface area contributed by atoms with E-state index in [2.05, 4.69) is 9.97 Å². The molecule has 2 rings (SSSR count). The average molecular weight is 309 g/mol. The quantitative estimate of drug-likeness (QED) is 0.624. The van der Waals surface area contributed by atoms with Gasteiger partial charge in [0, 0.05) is 32.2 Å². The van der Waals surface area contributed by atoms with Crippen molar-refractivity contribution in [2.45, 2.75) is 15.8 Å². The van der Waals surface area contributed by atoms with Gasteiger partial charge in [-0.15, -0.1) is 0 Å². The Morgan fingerprint density at radius 1 is 1.15 bits per heavy atom. The van der Waals surface area contributed by atoms with Crippen molar-refractivity contribution < 1.29 is 8.42 Å². The maximum absolute atomic E-state index is 12.1. The molecule has 0 amide bonds. The minimum Gasteiger partial charge on any atom is -0.231 e. The van der Waals surface area contributed by atoms with E-state index >= 15 is 0 Å². The zero-order valence-electron chi connectivity index (χ0n) is 11.2. The van der Waals surface area contributed by atoms with Crippen LogP contribution in [0, 0.1) is 0 Å². The Morgan fingerprint density at radius 3 is 2.50 bits per heavy atom. The minimum absolute atomic E-state index is 0.301. The van der Waals surface area contributed by atoms with Crippen molar-refractivity contribution in [1.82, 2.24) is 14.3 Å². The fraction of sp³-hybridized carbons (Fsp3) is 0.231. The van der Waals surface area contributed by atoms with Crippen LogP contribution < -0.4 is 0 Å². The summed E-state index contributed by atoms with van der Waals surface area (Å²) in [5.41, 5.74) is 0.922. The summed E-state index contributed by atoms with van der Waals surface area (Å²) in [7, 11) is -0.345. The van der Waals surface area contributed by atoms with E-state index in [1.165, 1.54) is 30.2 Å². The Kier molecular flexibility index (Phi) is 4.74. The molecule has 0 aliphatic heterocycles. The third-order valence-electron chi connectivity index (χ3n) is 2.59. The molecular weight excluding hydrogens is 294 g/mol. The molecule has 2 aromatic rings. The first-order chi connectivity index (χ1) is 9.50. The van der Waals surface area contributed by atoms with Crippen molar-refractivity contribution in [2.24, 2.45) is 0 Å². The van der Waals surface area contributed by atoms with Crippen LogP contribution in [-0.2, 0) is 15.8 Å². The second kappa shape index (κ2) is 6.34. The van der Waals surface area contributed by atoms with Gasteiger partial charge in [-0.05, 0) is 23.8 Å². The summed E-state index contributed by atoms with van der Waals surface area (Å²) < 4.78 is 25.3. The molecule has 0 fully saturated rings. The summed E-state index contributed by atoms with van der Waals surface area (Å²) in [6, 6.07) is 8.69. The molecule has 1 aromatic heterocycles. The van der Waals surface area contributed by atoms with Gasteiger partial charge < -0.3 is 0 Å². The first kappa shape index (κ1) is 15.0. The van der Waals surface area contributed by atoms with Gasteiger partial charge in [0.2, 0.25) is 10.0 Å². The van der Waals surface area contributed by atoms with Gasteiger partial charge in [0.15, 0.2) is 5.16 Å². The third kappa shape index (κ3) is 3.56. The van der Waals surface area contributed by atoms with Crippen LogP contribution >= 0.6 is 11.8 Å². The normalized spacial score (nSPS) is 11.8. The zero-order valence-corrected chi connectivity index (χ0v) is 12.9. The lowest BCUT2D eigenvalue weighted by molar-refractivity contribution is 0.520. The lowest BCUT2D eigenvalue weighted by Crippen LogP contribution is -2.22. The number of thioether (sulfide) groups is 1. The van der Waals surface area contributed by atoms with Gasteiger partial charge in [-0.2, -0.15) is 0 Å². The number of sulfonamides is 1. The average Bonchev–Trinajstić information content (AvgIpc) is 2.46. The van der Waals surface area contributed by atoms with Crippen LogP contribution in [0.1, 0.15) is 5.56 Å². The second-order valence-corrected chi connectivity index (χ2v) is 7.35. The molecule has 20 heavy (non-hydrogen) atoms. The third-order valence-corrected chi connectivity index (χ3v) is 5.34. The Hall–Kier alpha value is -1.44. The lowest BCUT2D eigenvalue weighted by Gasteiger charge is -2.12. The van der Waals surface area contributed by atoms with Crippen molar-refractivity contribution in [1.29, 1.82) is 0 Å². The standard InChI is InChI=1S/C13H15N3O2S2/c1-16(2)20(17,18)12-6-3-5-11(9-12)10-19-13-14-7-4-8-15-13/h3-9H,10H2,1-2H3. The van der Waals surface area contributed by atoms with E-state index in [0.29, 0.717) is 15.8 Å². The van der Waals surface area contributed by atoms with Gasteiger partial charge in [-0.1, -0.05) is 23.9 Å². The number of nitrogens with zero attached hydrogens (tertiary/aromatic N) is 3. The predicted molar refractivity (Wildman–Crippen MR) is 78.9 cm³/mol. The molecule has 0 bridgehead atoms. The van der Waals surface area contributed by atoms with Gasteiger partial charge in [-0.3, -0.25) is 0 Å². The van der Waals surface area contributed by atoms with Crippen molar-refractivity contribution in [3.8, 4) is 0 Å². The smallest absolute Gasteiger partial charge is 0.231 e. The molecule has 1 aromatic carbocycles. The minimum atomic E-state index is -3.39. The van der Waals surface area contributed by atoms with E-state index < -0.39 is 10.0 Å². The summed E-state index contributed by atoms with van der Waals surface area (Å²) in [4.78, 5) is 8.54. The fourth-order valence-corrected chi connectivity index (χ4v) is 3.23. The highest BCUT2D eigenvalue weighted by molar-refractivity contribution is 7.98. The molecule has 0 atom stereocenters. The monoisotopic (exact) mass is 309 g/mol. The first-order valence-electron chi connectivity index (χ1n) is 5.91. The maximum atomic E-state index is 12.1. The van der Waals surface area contributed by atoms with Crippen LogP contribution in [0.25, 0.3) is 0 Å². The number of rotatable bonds is 5. The Morgan fingerprint density at radius 2 is 1.85 bits per heavy atom. The van der Waals surface area contributed by atoms with E-state index in [4.69, 9.17) is 0 Å². The summed E-state index contributed by atoms with van der Waals surface area (Å²) >= 11 is 1.47. The van der Waals surface area contributed by atoms with Gasteiger partial charge in [-0.25, -0.2) is 22.7 Å². The molecule has 0 saturated carbocycles. The molecule has 0 aliphatic rings. The largest absolute Gasteiger partial charge is 0.242 e. The molecular formula is C13H15N3O2S2. The topological polar surface area (TPSA) is 63.2 Å². The highest BCUT2D eigenvalue weighted by Crippen LogP contribution is 2.21. The summed E-state index contributed by atoms with van der Waals surface area (Å²) in [6.45, 7) is 0. The molecule has 0 spiro atoms. The first-order valence-corrected chi connectivity index (χ1v) is 8.34. The van der Waals surface area contributed by atoms with Crippen LogP contribution in [0.4, 0.5) is 0 Å². The highest BCUT2D eigenvalue weighted by Gasteiger charge is 2.17. The maximum Gasteiger partial charge on any atom is 0.242 e. The van der Waals surface area contributed by atoms with Gasteiger partial charge in [0.25, 0.3) is 0 Å². The second-order valence-electron chi connectivity index (χ2n) is 4.25. The van der Waals surface area contributed by atoms with E-state index in [1.54, 1.807) is 36.7 Å². The van der Waals surface area contributed by atoms with Gasteiger partial charge in [0.1, 0.15) is 0 Å². The number of hydrogen-bond acceptors (Lipinski definition) is 5. The van der Waals surface area contributed by atoms with Crippen LogP contribution in [0.15, 0.2) is 52.8 Å². The molecule has 5 nitrogen and oxygen atoms in total. The SMILES string of the molecule is CN(C)S(=O)(=O)c1cccc(CSc2ncccn2)c1. The van der Waals surface area contributed by atoms with Crippen LogP contribution in [0.3, 0.4) is 0 Å². The molecule has 0 aliphatic carbocycles. The Balaban J connectivity index is 2.15. The summed E-state index contributed by atoms with van der Waals surface area (Å²) in [6.07, 6.45) is 3.37. The number of hydrogen-bond donors (Lipinski definition) is 0. The van der Waals surface area contributed by atoms with E-state index in [-0.39, 0.29) is 0 Å². The molecule has 106 valence electrons. The fourth-order valence-electron chi connectivity index (χ4n) is 1.51. The number of benzene rings is 1. The van der Waals surface area contributed by atoms with Crippen LogP contribution in [0.5, 0.6) is 0 Å². The molecule has 0 N–H and O–H groups in total. The number of aromatic nitrogens is 2. The lowest BCUT2D eigenvalue weighted by atomic mass is 10.2. The molecule has 0 radical (unpaired) electrons. The van der Waals surface area contributed by atoms with Crippen molar-refractivity contribution in [2.75, 3.05) is 14.1 Å². The van der Waals surface area contributed by atoms with Crippen molar-refractivity contribution in [3.05, 3.63) is 48.3 Å². The molecule has 1 heterocycles. The Labute approximate surface area is 123 Å². The zero-order chi connectivity index (χ0) is 14.6. The van der Waals surface area contributed by atoms with Gasteiger partial charge >= 0.3 is 0 Å². The van der Waals surface area contributed by atoms with Crippen molar-refractivity contribution in [3.63, 3.8) is 0 Å². The van der Waals surface area contributed by atoms with E-state index in [0.717, 1.165) is 5.56 Å². The highest BCUT2D eigenvalue weighted by atomic mass is 32.2. The van der Waals surface area contributed by atoms with Crippen LogP contribution in [-0.4, -0.2) is 36.8 Å². The summed E-state index contributed by atoms with van der Waals surface area (Å²) in [5.74, 6) is 0.626. The summed E-state index contributed by atoms with van der Waals surface area (Å²) in [5, 5.41) is 0.674. The van der Waals surface area contributed by atoms with E-state index in [9.17, 15) is 8.42 Å². The predicted octanol–water partition coefficient (Wildman–Crippen LogP) is 2.02. The molecule has 0 saturated heterocycles. The van der Waals surface area contributed by atoms with Crippen LogP contribution in [0.2, 0.25) is 0 Å². The van der Waals surface area contributed by atoms with Gasteiger partial charge in [0.05, 0.1) is 4.90 Å². The molecule has 7 heteroatoms. The Bertz CT molecular complexity index is 673. The molecule has 0 unspecified atom stereocenters. The van der Waals surface area contributed by atoms with Crippen molar-refractivity contribution >= 4 is 21.8 Å².